The average molecular weight is 470 g/mol. The second kappa shape index (κ2) is 9.89. The fraction of sp³-hybridized carbons (Fsp3) is 0.565. The first-order valence-corrected chi connectivity index (χ1v) is 11.6. The fourth-order valence-corrected chi connectivity index (χ4v) is 5.29. The molecule has 1 fully saturated rings. The molecule has 3 unspecified atom stereocenters. The topological polar surface area (TPSA) is 65.5 Å². The third-order valence-electron chi connectivity index (χ3n) is 5.79. The zero-order valence-electron chi connectivity index (χ0n) is 18.6. The molecule has 5 nitrogen and oxygen atoms in total. The molecule has 1 saturated heterocycles. The number of rotatable bonds is 7. The number of piperidine rings is 1. The first kappa shape index (κ1) is 24.7. The molecule has 1 aromatic carbocycles. The van der Waals surface area contributed by atoms with Crippen LogP contribution in [0.1, 0.15) is 48.5 Å². The van der Waals surface area contributed by atoms with Crippen LogP contribution in [0.4, 0.5) is 13.2 Å². The van der Waals surface area contributed by atoms with E-state index in [-0.39, 0.29) is 6.54 Å². The van der Waals surface area contributed by atoms with Gasteiger partial charge in [-0.2, -0.15) is 13.2 Å². The highest BCUT2D eigenvalue weighted by molar-refractivity contribution is 7.09. The molecular weight excluding hydrogens is 439 g/mol. The quantitative estimate of drug-likeness (QED) is 0.632. The molecule has 2 aromatic rings. The van der Waals surface area contributed by atoms with Gasteiger partial charge in [0.25, 0.3) is 0 Å². The largest absolute Gasteiger partial charge is 0.424 e. The van der Waals surface area contributed by atoms with E-state index in [0.29, 0.717) is 28.9 Å². The summed E-state index contributed by atoms with van der Waals surface area (Å²) in [6.07, 6.45) is -4.95. The number of aryl methyl sites for hydroxylation is 1. The molecule has 1 aliphatic rings. The van der Waals surface area contributed by atoms with Crippen molar-refractivity contribution in [2.24, 2.45) is 11.8 Å². The van der Waals surface area contributed by atoms with Crippen molar-refractivity contribution < 1.29 is 23.1 Å². The third-order valence-corrected chi connectivity index (χ3v) is 6.90. The van der Waals surface area contributed by atoms with Crippen LogP contribution in [0.5, 0.6) is 0 Å². The maximum atomic E-state index is 13.6. The highest BCUT2D eigenvalue weighted by Crippen LogP contribution is 2.42. The molecule has 176 valence electrons. The number of aromatic nitrogens is 1. The summed E-state index contributed by atoms with van der Waals surface area (Å²) in [7, 11) is 0. The van der Waals surface area contributed by atoms with Gasteiger partial charge in [-0.3, -0.25) is 9.69 Å². The molecule has 1 aromatic heterocycles. The summed E-state index contributed by atoms with van der Waals surface area (Å²) < 4.78 is 40.9. The lowest BCUT2D eigenvalue weighted by molar-refractivity contribution is -0.267. The number of carbonyl (C=O) groups is 1. The van der Waals surface area contributed by atoms with Crippen molar-refractivity contribution >= 4 is 17.2 Å². The average Bonchev–Trinajstić information content (AvgIpc) is 3.12. The Hall–Kier alpha value is -1.97. The molecule has 3 rings (SSSR count). The number of nitrogens with one attached hydrogen (secondary N) is 1. The molecule has 0 saturated carbocycles. The Balaban J connectivity index is 1.67. The summed E-state index contributed by atoms with van der Waals surface area (Å²) in [6, 6.07) is 7.61. The van der Waals surface area contributed by atoms with Crippen molar-refractivity contribution in [3.63, 3.8) is 0 Å². The van der Waals surface area contributed by atoms with Crippen LogP contribution in [0.2, 0.25) is 0 Å². The van der Waals surface area contributed by atoms with Crippen molar-refractivity contribution in [2.75, 3.05) is 13.1 Å². The maximum Gasteiger partial charge on any atom is 0.424 e. The van der Waals surface area contributed by atoms with Gasteiger partial charge in [0.2, 0.25) is 11.5 Å². The highest BCUT2D eigenvalue weighted by Gasteiger charge is 2.58. The van der Waals surface area contributed by atoms with Crippen molar-refractivity contribution in [3.8, 4) is 0 Å². The lowest BCUT2D eigenvalue weighted by Gasteiger charge is -2.35. The first-order chi connectivity index (χ1) is 15.0. The van der Waals surface area contributed by atoms with Crippen LogP contribution >= 0.6 is 11.3 Å². The summed E-state index contributed by atoms with van der Waals surface area (Å²) in [5.74, 6) is 0.341. The predicted molar refractivity (Wildman–Crippen MR) is 118 cm³/mol. The van der Waals surface area contributed by atoms with Crippen molar-refractivity contribution in [1.82, 2.24) is 15.2 Å². The Morgan fingerprint density at radius 2 is 1.84 bits per heavy atom. The summed E-state index contributed by atoms with van der Waals surface area (Å²) in [5, 5.41) is 13.8. The van der Waals surface area contributed by atoms with Gasteiger partial charge in [-0.15, -0.1) is 11.3 Å². The van der Waals surface area contributed by atoms with Gasteiger partial charge in [0.1, 0.15) is 5.01 Å². The van der Waals surface area contributed by atoms with E-state index >= 15 is 0 Å². The molecule has 0 aliphatic carbocycles. The van der Waals surface area contributed by atoms with Crippen molar-refractivity contribution in [2.45, 2.75) is 58.5 Å². The van der Waals surface area contributed by atoms with Crippen molar-refractivity contribution in [1.29, 1.82) is 0 Å². The molecule has 32 heavy (non-hydrogen) atoms. The van der Waals surface area contributed by atoms with Crippen LogP contribution in [-0.2, 0) is 23.5 Å². The van der Waals surface area contributed by atoms with Crippen LogP contribution < -0.4 is 5.32 Å². The van der Waals surface area contributed by atoms with E-state index in [1.54, 1.807) is 0 Å². The number of thiazole rings is 1. The van der Waals surface area contributed by atoms with E-state index in [9.17, 15) is 23.1 Å². The van der Waals surface area contributed by atoms with Gasteiger partial charge < -0.3 is 10.4 Å². The van der Waals surface area contributed by atoms with E-state index in [1.807, 2.05) is 24.3 Å². The maximum absolute atomic E-state index is 13.6. The lowest BCUT2D eigenvalue weighted by atomic mass is 9.91. The number of likely N-dealkylation sites (tertiary alicyclic amines) is 1. The molecule has 2 N–H and O–H groups in total. The van der Waals surface area contributed by atoms with Gasteiger partial charge in [0, 0.05) is 37.3 Å². The molecule has 0 bridgehead atoms. The Morgan fingerprint density at radius 3 is 2.41 bits per heavy atom. The summed E-state index contributed by atoms with van der Waals surface area (Å²) in [4.78, 5) is 18.6. The predicted octanol–water partition coefficient (Wildman–Crippen LogP) is 4.39. The zero-order chi connectivity index (χ0) is 23.5. The Morgan fingerprint density at radius 1 is 1.22 bits per heavy atom. The number of amides is 1. The van der Waals surface area contributed by atoms with Gasteiger partial charge in [0.05, 0.1) is 6.42 Å². The molecule has 9 heteroatoms. The summed E-state index contributed by atoms with van der Waals surface area (Å²) in [5.41, 5.74) is -1.05. The van der Waals surface area contributed by atoms with Crippen LogP contribution in [0.3, 0.4) is 0 Å². The molecule has 3 atom stereocenters. The molecule has 1 amide bonds. The minimum atomic E-state index is -5.02. The van der Waals surface area contributed by atoms with E-state index in [4.69, 9.17) is 0 Å². The third kappa shape index (κ3) is 5.88. The number of benzene rings is 1. The SMILES string of the molecule is Cc1csc(C(O)(CC(=O)NCc2ccccc2CN2CC(C)CC(C)C2)C(F)(F)F)n1. The normalized spacial score (nSPS) is 21.8. The van der Waals surface area contributed by atoms with Gasteiger partial charge in [-0.25, -0.2) is 4.98 Å². The van der Waals surface area contributed by atoms with Gasteiger partial charge in [0.15, 0.2) is 0 Å². The zero-order valence-corrected chi connectivity index (χ0v) is 19.4. The van der Waals surface area contributed by atoms with Crippen LogP contribution in [-0.4, -0.2) is 40.2 Å². The molecule has 0 spiro atoms. The highest BCUT2D eigenvalue weighted by atomic mass is 32.1. The number of halogens is 3. The number of hydrogen-bond acceptors (Lipinski definition) is 5. The molecule has 2 heterocycles. The van der Waals surface area contributed by atoms with Crippen LogP contribution in [0.15, 0.2) is 29.6 Å². The molecular formula is C23H30F3N3O2S. The van der Waals surface area contributed by atoms with Crippen LogP contribution in [0.25, 0.3) is 0 Å². The van der Waals surface area contributed by atoms with Crippen molar-refractivity contribution in [3.05, 3.63) is 51.5 Å². The van der Waals surface area contributed by atoms with Crippen LogP contribution in [0, 0.1) is 18.8 Å². The summed E-state index contributed by atoms with van der Waals surface area (Å²) >= 11 is 0.695. The Kier molecular flexibility index (Phi) is 7.62. The van der Waals surface area contributed by atoms with Gasteiger partial charge in [-0.05, 0) is 36.3 Å². The minimum Gasteiger partial charge on any atom is -0.374 e. The molecule has 1 aliphatic heterocycles. The number of alkyl halides is 3. The first-order valence-electron chi connectivity index (χ1n) is 10.8. The Bertz CT molecular complexity index is 923. The van der Waals surface area contributed by atoms with Gasteiger partial charge in [-0.1, -0.05) is 38.1 Å². The smallest absolute Gasteiger partial charge is 0.374 e. The lowest BCUT2D eigenvalue weighted by Crippen LogP contribution is -2.46. The monoisotopic (exact) mass is 469 g/mol. The number of hydrogen-bond donors (Lipinski definition) is 2. The second-order valence-corrected chi connectivity index (χ2v) is 9.87. The van der Waals surface area contributed by atoms with E-state index in [0.717, 1.165) is 30.8 Å². The molecule has 0 radical (unpaired) electrons. The van der Waals surface area contributed by atoms with Gasteiger partial charge >= 0.3 is 6.18 Å². The fourth-order valence-electron chi connectivity index (χ4n) is 4.38. The van der Waals surface area contributed by atoms with E-state index in [1.165, 1.54) is 18.7 Å². The van der Waals surface area contributed by atoms with E-state index < -0.39 is 29.1 Å². The number of aliphatic hydroxyl groups is 1. The summed E-state index contributed by atoms with van der Waals surface area (Å²) in [6.45, 7) is 8.83. The van der Waals surface area contributed by atoms with E-state index in [2.05, 4.69) is 29.0 Å². The minimum absolute atomic E-state index is 0.0960. The standard InChI is InChI=1S/C23H30F3N3O2S/c1-15-8-16(2)12-29(11-15)13-19-7-5-4-6-18(19)10-27-20(30)9-22(31,23(24,25)26)21-28-17(3)14-32-21/h4-7,14-16,31H,8-13H2,1-3H3,(H,27,30). The second-order valence-electron chi connectivity index (χ2n) is 9.01. The number of carbonyl (C=O) groups excluding carboxylic acids is 1. The number of nitrogens with zero attached hydrogens (tertiary/aromatic N) is 2. The Labute approximate surface area is 190 Å².